The Kier molecular flexibility index (Phi) is 12.4. The number of aromatic amines is 2. The number of rotatable bonds is 15. The summed E-state index contributed by atoms with van der Waals surface area (Å²) in [6.45, 7) is 7.23. The van der Waals surface area contributed by atoms with Crippen molar-refractivity contribution >= 4 is 23.9 Å². The Bertz CT molecular complexity index is 2120. The van der Waals surface area contributed by atoms with Crippen LogP contribution in [0.1, 0.15) is 70.2 Å². The molecular formula is C43H51N9O5. The zero-order chi connectivity index (χ0) is 39.9. The number of pyridine rings is 1. The second-order valence-electron chi connectivity index (χ2n) is 14.9. The number of imidazole rings is 2. The standard InChI is InChI=1S/C43H51N9O5/c1-27(2)38(48-33-9-6-20-44-23-33)42(53)51-21-7-10-36(51)40-45-24-34(49-40)31-16-12-29(13-17-31)30-14-18-32(19-15-30)35-25-46-41(50-35)37-11-8-22-52(37)43(54)39(28(3)55-4)47-26-57-56-5/h6,9,12-20,23-28,36-39,48H,7-8,10-11,21-22H2,1-5H3,(H,45,49)(H,46,50)/b47-26+/t28-,36+,37+,38+,39+/m1/s1. The van der Waals surface area contributed by atoms with Gasteiger partial charge in [-0.25, -0.2) is 15.0 Å². The van der Waals surface area contributed by atoms with Crippen LogP contribution in [0.2, 0.25) is 0 Å². The fourth-order valence-corrected chi connectivity index (χ4v) is 7.76. The van der Waals surface area contributed by atoms with E-state index in [0.717, 1.165) is 83.1 Å². The molecule has 2 saturated heterocycles. The van der Waals surface area contributed by atoms with E-state index in [0.29, 0.717) is 13.1 Å². The molecule has 3 aromatic heterocycles. The molecule has 2 aliphatic rings. The molecule has 2 aromatic carbocycles. The minimum Gasteiger partial charge on any atom is -0.379 e. The molecule has 0 spiro atoms. The number of ether oxygens (including phenoxy) is 1. The quantitative estimate of drug-likeness (QED) is 0.0440. The molecule has 14 nitrogen and oxygen atoms in total. The largest absolute Gasteiger partial charge is 0.379 e. The predicted molar refractivity (Wildman–Crippen MR) is 218 cm³/mol. The number of likely N-dealkylation sites (tertiary alicyclic amines) is 2. The van der Waals surface area contributed by atoms with Crippen molar-refractivity contribution in [3.8, 4) is 33.6 Å². The summed E-state index contributed by atoms with van der Waals surface area (Å²) < 4.78 is 5.45. The van der Waals surface area contributed by atoms with Crippen LogP contribution in [0.25, 0.3) is 33.6 Å². The topological polar surface area (TPSA) is 163 Å². The molecule has 2 aliphatic heterocycles. The van der Waals surface area contributed by atoms with Gasteiger partial charge in [0.2, 0.25) is 12.3 Å². The van der Waals surface area contributed by atoms with Crippen molar-refractivity contribution in [2.75, 3.05) is 32.6 Å². The highest BCUT2D eigenvalue weighted by Gasteiger charge is 2.38. The van der Waals surface area contributed by atoms with Crippen molar-refractivity contribution in [1.29, 1.82) is 0 Å². The summed E-state index contributed by atoms with van der Waals surface area (Å²) in [4.78, 5) is 65.6. The van der Waals surface area contributed by atoms with Gasteiger partial charge in [-0.2, -0.15) is 4.89 Å². The number of H-pyrrole nitrogens is 2. The first kappa shape index (κ1) is 39.4. The SMILES string of the molecule is COO/C=N/[C@H](C(=O)N1CCC[C@H]1c1ncc(-c2ccc(-c3ccc(-c4cnc([C@@H]5CCCN5C(=O)[C@@H](Nc5cccnc5)C(C)C)[nH]4)cc3)cc2)[nH]1)[C@@H](C)OC. The third-order valence-corrected chi connectivity index (χ3v) is 11.0. The average Bonchev–Trinajstić information content (AvgIpc) is 4.08. The van der Waals surface area contributed by atoms with Gasteiger partial charge in [-0.15, -0.1) is 0 Å². The van der Waals surface area contributed by atoms with Gasteiger partial charge in [0, 0.05) is 32.6 Å². The number of amides is 2. The maximum atomic E-state index is 13.9. The summed E-state index contributed by atoms with van der Waals surface area (Å²) in [5.74, 6) is 1.57. The van der Waals surface area contributed by atoms with E-state index >= 15 is 0 Å². The summed E-state index contributed by atoms with van der Waals surface area (Å²) >= 11 is 0. The van der Waals surface area contributed by atoms with E-state index in [1.807, 2.05) is 34.3 Å². The number of benzene rings is 2. The molecule has 5 atom stereocenters. The monoisotopic (exact) mass is 773 g/mol. The molecule has 57 heavy (non-hydrogen) atoms. The molecule has 7 rings (SSSR count). The minimum absolute atomic E-state index is 0.0765. The van der Waals surface area contributed by atoms with Gasteiger partial charge in [-0.3, -0.25) is 14.6 Å². The number of hydrogen-bond acceptors (Lipinski definition) is 10. The van der Waals surface area contributed by atoms with Crippen LogP contribution in [0.5, 0.6) is 0 Å². The van der Waals surface area contributed by atoms with E-state index in [2.05, 4.69) is 92.5 Å². The zero-order valence-electron chi connectivity index (χ0n) is 33.1. The van der Waals surface area contributed by atoms with E-state index in [1.54, 1.807) is 26.4 Å². The van der Waals surface area contributed by atoms with Gasteiger partial charge in [0.15, 0.2) is 6.04 Å². The van der Waals surface area contributed by atoms with Crippen LogP contribution in [-0.2, 0) is 24.1 Å². The van der Waals surface area contributed by atoms with Gasteiger partial charge >= 0.3 is 0 Å². The van der Waals surface area contributed by atoms with Gasteiger partial charge in [0.25, 0.3) is 5.91 Å². The molecule has 0 bridgehead atoms. The molecule has 0 unspecified atom stereocenters. The number of nitrogens with one attached hydrogen (secondary N) is 3. The Morgan fingerprint density at radius 2 is 1.33 bits per heavy atom. The maximum Gasteiger partial charge on any atom is 0.250 e. The lowest BCUT2D eigenvalue weighted by molar-refractivity contribution is -0.188. The summed E-state index contributed by atoms with van der Waals surface area (Å²) in [5.41, 5.74) is 6.80. The highest BCUT2D eigenvalue weighted by atomic mass is 17.2. The molecule has 5 aromatic rings. The Balaban J connectivity index is 0.996. The predicted octanol–water partition coefficient (Wildman–Crippen LogP) is 7.00. The molecule has 0 saturated carbocycles. The normalized spacial score (nSPS) is 18.6. The van der Waals surface area contributed by atoms with Crippen molar-refractivity contribution in [2.45, 2.75) is 76.7 Å². The van der Waals surface area contributed by atoms with Crippen LogP contribution in [-0.4, -0.2) is 98.4 Å². The van der Waals surface area contributed by atoms with E-state index in [9.17, 15) is 9.59 Å². The lowest BCUT2D eigenvalue weighted by atomic mass is 10.0. The van der Waals surface area contributed by atoms with Crippen molar-refractivity contribution in [3.05, 3.63) is 97.1 Å². The second kappa shape index (κ2) is 17.9. The second-order valence-corrected chi connectivity index (χ2v) is 14.9. The number of carbonyl (C=O) groups is 2. The van der Waals surface area contributed by atoms with Gasteiger partial charge in [-0.05, 0) is 72.9 Å². The average molecular weight is 774 g/mol. The number of aromatic nitrogens is 5. The molecule has 298 valence electrons. The van der Waals surface area contributed by atoms with Crippen molar-refractivity contribution < 1.29 is 24.1 Å². The van der Waals surface area contributed by atoms with Crippen molar-refractivity contribution in [1.82, 2.24) is 34.7 Å². The summed E-state index contributed by atoms with van der Waals surface area (Å²) in [6.07, 6.45) is 11.3. The number of aliphatic imine (C=N–C) groups is 1. The molecule has 2 amide bonds. The van der Waals surface area contributed by atoms with Crippen LogP contribution < -0.4 is 5.32 Å². The van der Waals surface area contributed by atoms with Gasteiger partial charge < -0.3 is 34.7 Å². The highest BCUT2D eigenvalue weighted by Crippen LogP contribution is 2.35. The Morgan fingerprint density at radius 3 is 1.82 bits per heavy atom. The maximum absolute atomic E-state index is 13.9. The first-order valence-electron chi connectivity index (χ1n) is 19.6. The lowest BCUT2D eigenvalue weighted by Gasteiger charge is -2.30. The Labute approximate surface area is 333 Å². The lowest BCUT2D eigenvalue weighted by Crippen LogP contribution is -2.45. The zero-order valence-corrected chi connectivity index (χ0v) is 33.1. The Hall–Kier alpha value is -5.86. The molecule has 0 radical (unpaired) electrons. The molecular weight excluding hydrogens is 723 g/mol. The number of nitrogens with zero attached hydrogens (tertiary/aromatic N) is 6. The van der Waals surface area contributed by atoms with E-state index in [4.69, 9.17) is 19.6 Å². The van der Waals surface area contributed by atoms with Crippen molar-refractivity contribution in [2.24, 2.45) is 10.9 Å². The molecule has 0 aliphatic carbocycles. The summed E-state index contributed by atoms with van der Waals surface area (Å²) in [5, 5.41) is 3.40. The third kappa shape index (κ3) is 8.76. The van der Waals surface area contributed by atoms with Crippen molar-refractivity contribution in [3.63, 3.8) is 0 Å². The van der Waals surface area contributed by atoms with Crippen LogP contribution in [0.15, 0.2) is 90.4 Å². The molecule has 14 heteroatoms. The van der Waals surface area contributed by atoms with Crippen LogP contribution in [0.4, 0.5) is 5.69 Å². The number of hydrogen-bond donors (Lipinski definition) is 3. The van der Waals surface area contributed by atoms with E-state index in [-0.39, 0.29) is 35.9 Å². The van der Waals surface area contributed by atoms with Gasteiger partial charge in [-0.1, -0.05) is 62.4 Å². The van der Waals surface area contributed by atoms with Gasteiger partial charge in [0.1, 0.15) is 17.7 Å². The summed E-state index contributed by atoms with van der Waals surface area (Å²) in [6, 6.07) is 19.1. The third-order valence-electron chi connectivity index (χ3n) is 11.0. The smallest absolute Gasteiger partial charge is 0.250 e. The van der Waals surface area contributed by atoms with Crippen LogP contribution >= 0.6 is 0 Å². The minimum atomic E-state index is -0.775. The Morgan fingerprint density at radius 1 is 0.789 bits per heavy atom. The fraction of sp³-hybridized carbons (Fsp3) is 0.395. The van der Waals surface area contributed by atoms with Crippen LogP contribution in [0.3, 0.4) is 0 Å². The number of methoxy groups -OCH3 is 1. The first-order valence-corrected chi connectivity index (χ1v) is 19.6. The van der Waals surface area contributed by atoms with Crippen LogP contribution in [0, 0.1) is 5.92 Å². The van der Waals surface area contributed by atoms with Gasteiger partial charge in [0.05, 0.1) is 54.8 Å². The summed E-state index contributed by atoms with van der Waals surface area (Å²) in [7, 11) is 2.93. The number of anilines is 1. The number of carbonyl (C=O) groups excluding carboxylic acids is 2. The highest BCUT2D eigenvalue weighted by molar-refractivity contribution is 5.86. The molecule has 2 fully saturated rings. The van der Waals surface area contributed by atoms with E-state index < -0.39 is 12.1 Å². The fourth-order valence-electron chi connectivity index (χ4n) is 7.76. The first-order chi connectivity index (χ1) is 27.7. The van der Waals surface area contributed by atoms with E-state index in [1.165, 1.54) is 7.11 Å². The molecule has 5 heterocycles. The molecule has 3 N–H and O–H groups in total.